The first-order valence-electron chi connectivity index (χ1n) is 6.64. The summed E-state index contributed by atoms with van der Waals surface area (Å²) in [7, 11) is 0. The minimum Gasteiger partial charge on any atom is -0.331 e. The Hall–Kier alpha value is -0.610. The van der Waals surface area contributed by atoms with Gasteiger partial charge in [-0.15, -0.1) is 0 Å². The molecule has 0 unspecified atom stereocenters. The molecular weight excluding hydrogens is 308 g/mol. The van der Waals surface area contributed by atoms with Gasteiger partial charge in [-0.1, -0.05) is 15.9 Å². The molecular formula is C14H15BrN2S. The van der Waals surface area contributed by atoms with Crippen molar-refractivity contribution in [3.05, 3.63) is 27.4 Å². The number of hydrogen-bond donors (Lipinski definition) is 1. The molecule has 94 valence electrons. The summed E-state index contributed by atoms with van der Waals surface area (Å²) >= 11 is 9.08. The average molecular weight is 323 g/mol. The number of benzene rings is 1. The smallest absolute Gasteiger partial charge is 0.178 e. The van der Waals surface area contributed by atoms with Crippen LogP contribution in [0.4, 0.5) is 0 Å². The summed E-state index contributed by atoms with van der Waals surface area (Å²) in [6, 6.07) is 7.06. The summed E-state index contributed by atoms with van der Waals surface area (Å²) in [5.74, 6) is 1.73. The van der Waals surface area contributed by atoms with E-state index in [0.29, 0.717) is 6.04 Å². The van der Waals surface area contributed by atoms with Crippen LogP contribution in [-0.4, -0.2) is 9.55 Å². The van der Waals surface area contributed by atoms with Crippen LogP contribution in [-0.2, 0) is 0 Å². The van der Waals surface area contributed by atoms with E-state index in [1.807, 2.05) is 0 Å². The molecule has 0 atom stereocenters. The molecule has 4 rings (SSSR count). The minimum atomic E-state index is 0.646. The molecule has 0 amide bonds. The van der Waals surface area contributed by atoms with E-state index < -0.39 is 0 Å². The predicted octanol–water partition coefficient (Wildman–Crippen LogP) is 4.82. The fourth-order valence-electron chi connectivity index (χ4n) is 3.08. The summed E-state index contributed by atoms with van der Waals surface area (Å²) in [5.41, 5.74) is 2.42. The van der Waals surface area contributed by atoms with Gasteiger partial charge in [-0.2, -0.15) is 0 Å². The van der Waals surface area contributed by atoms with Gasteiger partial charge in [-0.25, -0.2) is 0 Å². The van der Waals surface area contributed by atoms with Gasteiger partial charge in [-0.05, 0) is 67.9 Å². The van der Waals surface area contributed by atoms with Gasteiger partial charge >= 0.3 is 0 Å². The second kappa shape index (κ2) is 3.94. The fraction of sp³-hybridized carbons (Fsp3) is 0.500. The Balaban J connectivity index is 1.92. The van der Waals surface area contributed by atoms with Gasteiger partial charge in [0.25, 0.3) is 0 Å². The van der Waals surface area contributed by atoms with Crippen LogP contribution in [0.3, 0.4) is 0 Å². The summed E-state index contributed by atoms with van der Waals surface area (Å²) in [5, 5.41) is 0. The number of H-pyrrole nitrogens is 1. The number of hydrogen-bond acceptors (Lipinski definition) is 1. The van der Waals surface area contributed by atoms with Gasteiger partial charge in [0.1, 0.15) is 0 Å². The van der Waals surface area contributed by atoms with Crippen LogP contribution in [0, 0.1) is 16.6 Å². The van der Waals surface area contributed by atoms with Crippen molar-refractivity contribution >= 4 is 39.2 Å². The topological polar surface area (TPSA) is 20.7 Å². The van der Waals surface area contributed by atoms with E-state index in [9.17, 15) is 0 Å². The Labute approximate surface area is 120 Å². The minimum absolute atomic E-state index is 0.646. The highest BCUT2D eigenvalue weighted by Gasteiger charge is 2.43. The van der Waals surface area contributed by atoms with E-state index >= 15 is 0 Å². The molecule has 1 aromatic heterocycles. The molecule has 18 heavy (non-hydrogen) atoms. The van der Waals surface area contributed by atoms with Crippen LogP contribution in [0.1, 0.15) is 31.7 Å². The first-order valence-corrected chi connectivity index (χ1v) is 7.84. The Bertz CT molecular complexity index is 652. The first kappa shape index (κ1) is 11.2. The van der Waals surface area contributed by atoms with Crippen LogP contribution in [0.25, 0.3) is 11.0 Å². The van der Waals surface area contributed by atoms with Crippen LogP contribution in [0.15, 0.2) is 22.7 Å². The zero-order valence-corrected chi connectivity index (χ0v) is 12.4. The highest BCUT2D eigenvalue weighted by molar-refractivity contribution is 9.10. The lowest BCUT2D eigenvalue weighted by atomic mass is 10.1. The molecule has 2 aliphatic carbocycles. The van der Waals surface area contributed by atoms with Crippen molar-refractivity contribution in [2.75, 3.05) is 0 Å². The van der Waals surface area contributed by atoms with Crippen molar-refractivity contribution in [2.24, 2.45) is 11.8 Å². The Kier molecular flexibility index (Phi) is 2.46. The third-order valence-corrected chi connectivity index (χ3v) is 4.98. The maximum Gasteiger partial charge on any atom is 0.178 e. The zero-order valence-electron chi connectivity index (χ0n) is 10.0. The van der Waals surface area contributed by atoms with Crippen LogP contribution < -0.4 is 0 Å². The Morgan fingerprint density at radius 3 is 2.50 bits per heavy atom. The summed E-state index contributed by atoms with van der Waals surface area (Å²) < 4.78 is 4.39. The number of aromatic amines is 1. The highest BCUT2D eigenvalue weighted by atomic mass is 79.9. The Morgan fingerprint density at radius 2 is 1.89 bits per heavy atom. The van der Waals surface area contributed by atoms with Gasteiger partial charge in [0.2, 0.25) is 0 Å². The summed E-state index contributed by atoms with van der Waals surface area (Å²) in [6.07, 6.45) is 5.52. The molecule has 0 saturated heterocycles. The summed E-state index contributed by atoms with van der Waals surface area (Å²) in [4.78, 5) is 3.36. The number of nitrogens with one attached hydrogen (secondary N) is 1. The molecule has 2 fully saturated rings. The van der Waals surface area contributed by atoms with Crippen molar-refractivity contribution in [3.63, 3.8) is 0 Å². The van der Waals surface area contributed by atoms with E-state index in [0.717, 1.165) is 26.6 Å². The van der Waals surface area contributed by atoms with Crippen molar-refractivity contribution in [1.82, 2.24) is 9.55 Å². The van der Waals surface area contributed by atoms with Crippen LogP contribution in [0.2, 0.25) is 0 Å². The number of halogens is 1. The number of aromatic nitrogens is 2. The quantitative estimate of drug-likeness (QED) is 0.803. The van der Waals surface area contributed by atoms with E-state index in [2.05, 4.69) is 43.7 Å². The van der Waals surface area contributed by atoms with Gasteiger partial charge in [0, 0.05) is 10.5 Å². The highest BCUT2D eigenvalue weighted by Crippen LogP contribution is 2.52. The molecule has 0 radical (unpaired) electrons. The fourth-order valence-corrected chi connectivity index (χ4v) is 3.77. The number of rotatable bonds is 3. The third kappa shape index (κ3) is 1.77. The number of nitrogens with zero attached hydrogens (tertiary/aromatic N) is 1. The molecule has 2 nitrogen and oxygen atoms in total. The molecule has 0 spiro atoms. The lowest BCUT2D eigenvalue weighted by Crippen LogP contribution is -2.13. The second-order valence-electron chi connectivity index (χ2n) is 5.63. The zero-order chi connectivity index (χ0) is 12.3. The average Bonchev–Trinajstić information content (AvgIpc) is 3.21. The molecule has 0 bridgehead atoms. The van der Waals surface area contributed by atoms with Gasteiger partial charge in [-0.3, -0.25) is 0 Å². The van der Waals surface area contributed by atoms with Crippen LogP contribution in [0.5, 0.6) is 0 Å². The largest absolute Gasteiger partial charge is 0.331 e. The van der Waals surface area contributed by atoms with Crippen molar-refractivity contribution in [3.8, 4) is 0 Å². The van der Waals surface area contributed by atoms with E-state index in [4.69, 9.17) is 12.2 Å². The van der Waals surface area contributed by atoms with Crippen molar-refractivity contribution in [1.29, 1.82) is 0 Å². The van der Waals surface area contributed by atoms with Gasteiger partial charge in [0.15, 0.2) is 4.77 Å². The molecule has 4 heteroatoms. The standard InChI is InChI=1S/C14H15BrN2S/c15-10-5-6-12-11(7-10)16-14(18)17(12)13(8-1-2-8)9-3-4-9/h5-9,13H,1-4H2,(H,16,18). The van der Waals surface area contributed by atoms with E-state index in [1.165, 1.54) is 31.2 Å². The molecule has 1 aromatic carbocycles. The SMILES string of the molecule is S=c1[nH]c2cc(Br)ccc2n1C(C1CC1)C1CC1. The molecule has 2 aliphatic rings. The van der Waals surface area contributed by atoms with Gasteiger partial charge in [0.05, 0.1) is 11.0 Å². The third-order valence-electron chi connectivity index (χ3n) is 4.19. The molecule has 1 N–H and O–H groups in total. The second-order valence-corrected chi connectivity index (χ2v) is 6.93. The lowest BCUT2D eigenvalue weighted by molar-refractivity contribution is 0.400. The monoisotopic (exact) mass is 322 g/mol. The van der Waals surface area contributed by atoms with E-state index in [1.54, 1.807) is 0 Å². The Morgan fingerprint density at radius 1 is 1.22 bits per heavy atom. The van der Waals surface area contributed by atoms with Crippen LogP contribution >= 0.6 is 28.1 Å². The lowest BCUT2D eigenvalue weighted by Gasteiger charge is -2.18. The van der Waals surface area contributed by atoms with E-state index in [-0.39, 0.29) is 0 Å². The predicted molar refractivity (Wildman–Crippen MR) is 79.3 cm³/mol. The number of fused-ring (bicyclic) bond motifs is 1. The normalized spacial score (nSPS) is 19.9. The molecule has 2 saturated carbocycles. The maximum absolute atomic E-state index is 5.56. The van der Waals surface area contributed by atoms with Crippen molar-refractivity contribution in [2.45, 2.75) is 31.7 Å². The summed E-state index contributed by atoms with van der Waals surface area (Å²) in [6.45, 7) is 0. The molecule has 2 aromatic rings. The first-order chi connectivity index (χ1) is 8.74. The molecule has 1 heterocycles. The number of imidazole rings is 1. The maximum atomic E-state index is 5.56. The van der Waals surface area contributed by atoms with Crippen molar-refractivity contribution < 1.29 is 0 Å². The molecule has 0 aliphatic heterocycles. The van der Waals surface area contributed by atoms with Gasteiger partial charge < -0.3 is 9.55 Å².